The van der Waals surface area contributed by atoms with Crippen LogP contribution in [0.2, 0.25) is 0 Å². The van der Waals surface area contributed by atoms with Gasteiger partial charge in [0.05, 0.1) is 29.8 Å². The van der Waals surface area contributed by atoms with Gasteiger partial charge in [0.1, 0.15) is 17.7 Å². The van der Waals surface area contributed by atoms with Crippen molar-refractivity contribution >= 4 is 5.82 Å². The van der Waals surface area contributed by atoms with E-state index in [-0.39, 0.29) is 17.3 Å². The molecule has 2 bridgehead atoms. The maximum Gasteiger partial charge on any atom is 0.147 e. The molecular weight excluding hydrogens is 407 g/mol. The average Bonchev–Trinajstić information content (AvgIpc) is 3.32. The van der Waals surface area contributed by atoms with Crippen LogP contribution in [-0.4, -0.2) is 55.6 Å². The molecule has 2 aliphatic heterocycles. The summed E-state index contributed by atoms with van der Waals surface area (Å²) >= 11 is 0. The maximum absolute atomic E-state index is 15.4. The monoisotopic (exact) mass is 436 g/mol. The molecule has 1 aromatic carbocycles. The number of aromatic hydroxyl groups is 1. The van der Waals surface area contributed by atoms with E-state index in [9.17, 15) is 5.11 Å². The summed E-state index contributed by atoms with van der Waals surface area (Å²) in [5, 5.41) is 21.2. The number of aromatic amines is 1. The van der Waals surface area contributed by atoms with E-state index < -0.39 is 11.7 Å². The lowest BCUT2D eigenvalue weighted by Gasteiger charge is -2.47. The first-order chi connectivity index (χ1) is 15.2. The van der Waals surface area contributed by atoms with Crippen LogP contribution in [0, 0.1) is 6.92 Å². The van der Waals surface area contributed by atoms with Crippen LogP contribution >= 0.6 is 0 Å². The highest BCUT2D eigenvalue weighted by atomic mass is 19.1. The summed E-state index contributed by atoms with van der Waals surface area (Å²) < 4.78 is 15.4. The minimum Gasteiger partial charge on any atom is -0.507 e. The van der Waals surface area contributed by atoms with Gasteiger partial charge >= 0.3 is 0 Å². The Morgan fingerprint density at radius 3 is 2.59 bits per heavy atom. The van der Waals surface area contributed by atoms with Gasteiger partial charge in [0.15, 0.2) is 0 Å². The van der Waals surface area contributed by atoms with Gasteiger partial charge in [-0.3, -0.25) is 10.1 Å². The fraction of sp³-hybridized carbons (Fsp3) is 0.458. The SMILES string of the molecule is Cc1cc(-c2ccc(-c3cnc(N(C)[C@H]4C[C@]5(C)CC[C@@](C)(N5)[C@H]4F)cn3)c(O)c2)n[nH]1. The number of nitrogens with zero attached hydrogens (tertiary/aromatic N) is 4. The number of phenolic OH excluding ortho intramolecular Hbond substituents is 1. The molecule has 2 saturated heterocycles. The largest absolute Gasteiger partial charge is 0.507 e. The number of anilines is 1. The number of H-pyrrole nitrogens is 1. The Morgan fingerprint density at radius 2 is 1.94 bits per heavy atom. The zero-order chi connectivity index (χ0) is 22.7. The Balaban J connectivity index is 1.37. The second-order valence-electron chi connectivity index (χ2n) is 9.82. The van der Waals surface area contributed by atoms with Gasteiger partial charge in [-0.2, -0.15) is 5.10 Å². The molecule has 7 nitrogen and oxygen atoms in total. The summed E-state index contributed by atoms with van der Waals surface area (Å²) in [6.45, 7) is 6.09. The van der Waals surface area contributed by atoms with Gasteiger partial charge < -0.3 is 15.3 Å². The number of benzene rings is 1. The molecule has 0 amide bonds. The van der Waals surface area contributed by atoms with Crippen LogP contribution in [0.3, 0.4) is 0 Å². The number of fused-ring (bicyclic) bond motifs is 2. The van der Waals surface area contributed by atoms with Gasteiger partial charge in [-0.15, -0.1) is 0 Å². The Bertz CT molecular complexity index is 1150. The van der Waals surface area contributed by atoms with E-state index in [1.165, 1.54) is 0 Å². The van der Waals surface area contributed by atoms with E-state index in [0.717, 1.165) is 36.2 Å². The Labute approximate surface area is 187 Å². The minimum atomic E-state index is -0.994. The molecule has 0 aliphatic carbocycles. The molecule has 168 valence electrons. The second kappa shape index (κ2) is 7.27. The van der Waals surface area contributed by atoms with E-state index in [1.54, 1.807) is 18.5 Å². The van der Waals surface area contributed by atoms with Crippen LogP contribution in [0.4, 0.5) is 10.2 Å². The van der Waals surface area contributed by atoms with Gasteiger partial charge in [0.25, 0.3) is 0 Å². The Morgan fingerprint density at radius 1 is 1.12 bits per heavy atom. The van der Waals surface area contributed by atoms with E-state index >= 15 is 4.39 Å². The third-order valence-electron chi connectivity index (χ3n) is 7.16. The first-order valence-corrected chi connectivity index (χ1v) is 11.0. The second-order valence-corrected chi connectivity index (χ2v) is 9.82. The molecule has 8 heteroatoms. The third-order valence-corrected chi connectivity index (χ3v) is 7.16. The number of nitrogens with one attached hydrogen (secondary N) is 2. The molecule has 4 heterocycles. The fourth-order valence-electron chi connectivity index (χ4n) is 5.32. The lowest BCUT2D eigenvalue weighted by atomic mass is 9.82. The first kappa shape index (κ1) is 20.9. The molecule has 32 heavy (non-hydrogen) atoms. The van der Waals surface area contributed by atoms with Crippen molar-refractivity contribution in [1.82, 2.24) is 25.5 Å². The van der Waals surface area contributed by atoms with Crippen molar-refractivity contribution in [1.29, 1.82) is 0 Å². The standard InChI is InChI=1S/C24H29FN6O/c1-14-9-17(29-28-14)15-5-6-16(20(32)10-15)18-12-27-21(13-26-18)31(4)19-11-23(2)7-8-24(3,30-23)22(19)25/h5-6,9-10,12-13,19,22,30,32H,7-8,11H2,1-4H3,(H,28,29)/t19-,22-,23-,24+/m0/s1. The molecule has 0 saturated carbocycles. The molecule has 5 rings (SSSR count). The third kappa shape index (κ3) is 3.43. The molecule has 2 aromatic heterocycles. The molecule has 2 fully saturated rings. The molecule has 3 aromatic rings. The first-order valence-electron chi connectivity index (χ1n) is 11.0. The zero-order valence-corrected chi connectivity index (χ0v) is 18.9. The molecule has 3 N–H and O–H groups in total. The molecule has 0 unspecified atom stereocenters. The normalized spacial score (nSPS) is 29.3. The Kier molecular flexibility index (Phi) is 4.74. The molecule has 0 spiro atoms. The van der Waals surface area contributed by atoms with Gasteiger partial charge in [0.2, 0.25) is 0 Å². The number of hydrogen-bond donors (Lipinski definition) is 3. The summed E-state index contributed by atoms with van der Waals surface area (Å²) in [4.78, 5) is 11.0. The van der Waals surface area contributed by atoms with E-state index in [1.807, 2.05) is 44.0 Å². The van der Waals surface area contributed by atoms with Gasteiger partial charge in [0, 0.05) is 34.9 Å². The van der Waals surface area contributed by atoms with E-state index in [4.69, 9.17) is 0 Å². The quantitative estimate of drug-likeness (QED) is 0.573. The smallest absolute Gasteiger partial charge is 0.147 e. The van der Waals surface area contributed by atoms with Crippen LogP contribution in [-0.2, 0) is 0 Å². The highest BCUT2D eigenvalue weighted by Gasteiger charge is 2.56. The topological polar surface area (TPSA) is 90.0 Å². The lowest BCUT2D eigenvalue weighted by Crippen LogP contribution is -2.65. The minimum absolute atomic E-state index is 0.0516. The lowest BCUT2D eigenvalue weighted by molar-refractivity contribution is 0.0859. The number of aryl methyl sites for hydroxylation is 1. The Hall–Kier alpha value is -3.00. The summed E-state index contributed by atoms with van der Waals surface area (Å²) in [6.07, 6.45) is 4.83. The predicted octanol–water partition coefficient (Wildman–Crippen LogP) is 4.00. The number of halogens is 1. The molecular formula is C24H29FN6O. The van der Waals surface area contributed by atoms with Crippen molar-refractivity contribution in [2.45, 2.75) is 63.3 Å². The van der Waals surface area contributed by atoms with Crippen LogP contribution in [0.15, 0.2) is 36.7 Å². The molecule has 4 atom stereocenters. The van der Waals surface area contributed by atoms with Gasteiger partial charge in [-0.1, -0.05) is 6.07 Å². The summed E-state index contributed by atoms with van der Waals surface area (Å²) in [5.74, 6) is 0.733. The van der Waals surface area contributed by atoms with Crippen molar-refractivity contribution in [3.8, 4) is 28.3 Å². The number of alkyl halides is 1. The summed E-state index contributed by atoms with van der Waals surface area (Å²) in [6, 6.07) is 7.04. The summed E-state index contributed by atoms with van der Waals surface area (Å²) in [5.41, 5.74) is 3.14. The van der Waals surface area contributed by atoms with Crippen LogP contribution in [0.25, 0.3) is 22.5 Å². The van der Waals surface area contributed by atoms with Crippen LogP contribution in [0.1, 0.15) is 38.8 Å². The van der Waals surface area contributed by atoms with E-state index in [0.29, 0.717) is 17.1 Å². The number of hydrogen-bond acceptors (Lipinski definition) is 6. The number of aromatic nitrogens is 4. The van der Waals surface area contributed by atoms with Crippen molar-refractivity contribution in [3.05, 3.63) is 42.4 Å². The maximum atomic E-state index is 15.4. The van der Waals surface area contributed by atoms with Gasteiger partial charge in [-0.05, 0) is 58.2 Å². The summed E-state index contributed by atoms with van der Waals surface area (Å²) in [7, 11) is 1.89. The van der Waals surface area contributed by atoms with Crippen molar-refractivity contribution < 1.29 is 9.50 Å². The van der Waals surface area contributed by atoms with Crippen LogP contribution < -0.4 is 10.2 Å². The number of phenols is 1. The fourth-order valence-corrected chi connectivity index (χ4v) is 5.32. The number of rotatable bonds is 4. The van der Waals surface area contributed by atoms with Crippen molar-refractivity contribution in [2.75, 3.05) is 11.9 Å². The van der Waals surface area contributed by atoms with Crippen molar-refractivity contribution in [3.63, 3.8) is 0 Å². The highest BCUT2D eigenvalue weighted by molar-refractivity contribution is 5.73. The van der Waals surface area contributed by atoms with E-state index in [2.05, 4.69) is 32.4 Å². The van der Waals surface area contributed by atoms with Crippen molar-refractivity contribution in [2.24, 2.45) is 0 Å². The number of piperidine rings is 1. The highest BCUT2D eigenvalue weighted by Crippen LogP contribution is 2.45. The van der Waals surface area contributed by atoms with Gasteiger partial charge in [-0.25, -0.2) is 9.37 Å². The predicted molar refractivity (Wildman–Crippen MR) is 122 cm³/mol. The molecule has 0 radical (unpaired) electrons. The average molecular weight is 437 g/mol. The molecule has 2 aliphatic rings. The van der Waals surface area contributed by atoms with Crippen LogP contribution in [0.5, 0.6) is 5.75 Å². The zero-order valence-electron chi connectivity index (χ0n) is 18.9.